The zero-order valence-corrected chi connectivity index (χ0v) is 21.1. The first-order valence-electron chi connectivity index (χ1n) is 12.2. The lowest BCUT2D eigenvalue weighted by Crippen LogP contribution is -2.43. The Labute approximate surface area is 203 Å². The van der Waals surface area contributed by atoms with E-state index in [1.807, 2.05) is 6.92 Å². The molecule has 9 nitrogen and oxygen atoms in total. The lowest BCUT2D eigenvalue weighted by molar-refractivity contribution is -0.138. The molecule has 1 aromatic rings. The minimum Gasteiger partial charge on any atom is -0.493 e. The number of ether oxygens (including phenoxy) is 1. The molecule has 1 amide bonds. The van der Waals surface area contributed by atoms with Crippen LogP contribution in [0.3, 0.4) is 0 Å². The number of carboxylic acids is 1. The highest BCUT2D eigenvalue weighted by atomic mass is 32.2. The average molecular weight is 498 g/mol. The van der Waals surface area contributed by atoms with Crippen molar-refractivity contribution in [2.45, 2.75) is 64.3 Å². The Morgan fingerprint density at radius 3 is 2.59 bits per heavy atom. The molecule has 34 heavy (non-hydrogen) atoms. The maximum Gasteiger partial charge on any atom is 0.322 e. The molecule has 0 unspecified atom stereocenters. The molecule has 0 saturated carbocycles. The molecule has 0 bridgehead atoms. The number of carbonyl (C=O) groups excluding carboxylic acids is 1. The van der Waals surface area contributed by atoms with E-state index in [4.69, 9.17) is 4.74 Å². The SMILES string of the molecule is CCCCS(=O)(=O)N[C@@H](Cc1ccc(OCCCCC2CCNCC2)c(C(=O)NC)c1)C(=O)O. The second-order valence-corrected chi connectivity index (χ2v) is 10.7. The Kier molecular flexibility index (Phi) is 11.8. The van der Waals surface area contributed by atoms with Gasteiger partial charge in [0, 0.05) is 7.05 Å². The van der Waals surface area contributed by atoms with Gasteiger partial charge in [-0.1, -0.05) is 25.8 Å². The van der Waals surface area contributed by atoms with E-state index < -0.39 is 22.0 Å². The third-order valence-corrected chi connectivity index (χ3v) is 7.53. The van der Waals surface area contributed by atoms with Gasteiger partial charge in [-0.05, 0) is 75.2 Å². The number of nitrogens with one attached hydrogen (secondary N) is 3. The number of hydrogen-bond acceptors (Lipinski definition) is 6. The number of hydrogen-bond donors (Lipinski definition) is 4. The van der Waals surface area contributed by atoms with Crippen LogP contribution in [0.2, 0.25) is 0 Å². The van der Waals surface area contributed by atoms with Crippen molar-refractivity contribution < 1.29 is 27.9 Å². The number of unbranched alkanes of at least 4 members (excludes halogenated alkanes) is 2. The Balaban J connectivity index is 1.99. The van der Waals surface area contributed by atoms with E-state index in [-0.39, 0.29) is 18.1 Å². The summed E-state index contributed by atoms with van der Waals surface area (Å²) in [5, 5.41) is 15.5. The van der Waals surface area contributed by atoms with Gasteiger partial charge < -0.3 is 20.5 Å². The number of carboxylic acid groups (broad SMARTS) is 1. The molecule has 2 rings (SSSR count). The van der Waals surface area contributed by atoms with E-state index in [1.54, 1.807) is 18.2 Å². The Bertz CT molecular complexity index is 900. The monoisotopic (exact) mass is 497 g/mol. The smallest absolute Gasteiger partial charge is 0.322 e. The van der Waals surface area contributed by atoms with Crippen molar-refractivity contribution in [3.05, 3.63) is 29.3 Å². The fourth-order valence-corrected chi connectivity index (χ4v) is 5.46. The predicted octanol–water partition coefficient (Wildman–Crippen LogP) is 2.31. The van der Waals surface area contributed by atoms with Crippen LogP contribution in [-0.2, 0) is 21.2 Å². The highest BCUT2D eigenvalue weighted by molar-refractivity contribution is 7.89. The van der Waals surface area contributed by atoms with Crippen molar-refractivity contribution in [3.63, 3.8) is 0 Å². The maximum atomic E-state index is 12.4. The highest BCUT2D eigenvalue weighted by Gasteiger charge is 2.25. The summed E-state index contributed by atoms with van der Waals surface area (Å²) in [6.45, 7) is 4.53. The van der Waals surface area contributed by atoms with Gasteiger partial charge in [0.1, 0.15) is 11.8 Å². The van der Waals surface area contributed by atoms with E-state index in [1.165, 1.54) is 26.3 Å². The zero-order valence-electron chi connectivity index (χ0n) is 20.3. The van der Waals surface area contributed by atoms with Crippen LogP contribution in [0.15, 0.2) is 18.2 Å². The number of sulfonamides is 1. The van der Waals surface area contributed by atoms with Crippen molar-refractivity contribution in [1.29, 1.82) is 0 Å². The van der Waals surface area contributed by atoms with Gasteiger partial charge in [-0.15, -0.1) is 0 Å². The van der Waals surface area contributed by atoms with Crippen LogP contribution in [0.4, 0.5) is 0 Å². The fraction of sp³-hybridized carbons (Fsp3) is 0.667. The molecule has 0 aliphatic carbocycles. The first kappa shape index (κ1) is 28.1. The fourth-order valence-electron chi connectivity index (χ4n) is 4.05. The minimum atomic E-state index is -3.71. The van der Waals surface area contributed by atoms with E-state index in [9.17, 15) is 23.1 Å². The van der Waals surface area contributed by atoms with E-state index in [2.05, 4.69) is 15.4 Å². The third kappa shape index (κ3) is 9.60. The molecular weight excluding hydrogens is 458 g/mol. The predicted molar refractivity (Wildman–Crippen MR) is 132 cm³/mol. The molecule has 1 heterocycles. The van der Waals surface area contributed by atoms with Crippen molar-refractivity contribution in [1.82, 2.24) is 15.4 Å². The average Bonchev–Trinajstić information content (AvgIpc) is 2.82. The summed E-state index contributed by atoms with van der Waals surface area (Å²) in [7, 11) is -2.20. The van der Waals surface area contributed by atoms with Crippen LogP contribution in [-0.4, -0.2) is 63.9 Å². The van der Waals surface area contributed by atoms with Crippen LogP contribution in [0.25, 0.3) is 0 Å². The molecule has 1 saturated heterocycles. The maximum absolute atomic E-state index is 12.4. The normalized spacial score (nSPS) is 15.6. The third-order valence-electron chi connectivity index (χ3n) is 6.07. The van der Waals surface area contributed by atoms with Crippen LogP contribution >= 0.6 is 0 Å². The lowest BCUT2D eigenvalue weighted by atomic mass is 9.93. The summed E-state index contributed by atoms with van der Waals surface area (Å²) < 4.78 is 32.5. The second-order valence-electron chi connectivity index (χ2n) is 8.83. The van der Waals surface area contributed by atoms with Crippen molar-refractivity contribution in [3.8, 4) is 5.75 Å². The molecule has 4 N–H and O–H groups in total. The van der Waals surface area contributed by atoms with Crippen LogP contribution in [0.1, 0.15) is 67.8 Å². The molecule has 1 aromatic carbocycles. The molecule has 1 aliphatic heterocycles. The number of piperidine rings is 1. The molecule has 0 radical (unpaired) electrons. The number of carbonyl (C=O) groups is 2. The summed E-state index contributed by atoms with van der Waals surface area (Å²) in [4.78, 5) is 24.1. The van der Waals surface area contributed by atoms with Crippen LogP contribution in [0, 0.1) is 5.92 Å². The Morgan fingerprint density at radius 2 is 1.94 bits per heavy atom. The lowest BCUT2D eigenvalue weighted by Gasteiger charge is -2.22. The van der Waals surface area contributed by atoms with Crippen molar-refractivity contribution in [2.24, 2.45) is 5.92 Å². The van der Waals surface area contributed by atoms with Gasteiger partial charge in [0.25, 0.3) is 5.91 Å². The summed E-state index contributed by atoms with van der Waals surface area (Å²) in [6, 6.07) is 3.57. The first-order chi connectivity index (χ1) is 16.3. The van der Waals surface area contributed by atoms with Gasteiger partial charge in [0.15, 0.2) is 0 Å². The summed E-state index contributed by atoms with van der Waals surface area (Å²) in [5.41, 5.74) is 0.832. The standard InChI is InChI=1S/C24H39N3O6S/c1-3-4-15-34(31,32)27-21(24(29)30)17-19-8-9-22(20(16-19)23(28)25-2)33-14-6-5-7-18-10-12-26-13-11-18/h8-9,16,18,21,26-27H,3-7,10-15,17H2,1-2H3,(H,25,28)(H,29,30)/t21-/m0/s1. The van der Waals surface area contributed by atoms with E-state index in [0.717, 1.165) is 31.8 Å². The van der Waals surface area contributed by atoms with Crippen molar-refractivity contribution in [2.75, 3.05) is 32.5 Å². The summed E-state index contributed by atoms with van der Waals surface area (Å²) in [5.74, 6) is -0.539. The van der Waals surface area contributed by atoms with Crippen LogP contribution < -0.4 is 20.1 Å². The molecule has 1 atom stereocenters. The van der Waals surface area contributed by atoms with Gasteiger partial charge in [0.05, 0.1) is 17.9 Å². The number of aliphatic carboxylic acids is 1. The first-order valence-corrected chi connectivity index (χ1v) is 13.8. The molecule has 1 fully saturated rings. The van der Waals surface area contributed by atoms with Gasteiger partial charge >= 0.3 is 5.97 Å². The molecule has 0 aromatic heterocycles. The van der Waals surface area contributed by atoms with Gasteiger partial charge in [-0.2, -0.15) is 0 Å². The molecule has 0 spiro atoms. The largest absolute Gasteiger partial charge is 0.493 e. The Hall–Kier alpha value is -2.17. The van der Waals surface area contributed by atoms with Gasteiger partial charge in [0.2, 0.25) is 10.0 Å². The van der Waals surface area contributed by atoms with Gasteiger partial charge in [-0.25, -0.2) is 13.1 Å². The van der Waals surface area contributed by atoms with Crippen LogP contribution in [0.5, 0.6) is 5.75 Å². The van der Waals surface area contributed by atoms with E-state index >= 15 is 0 Å². The molecule has 10 heteroatoms. The summed E-state index contributed by atoms with van der Waals surface area (Å²) >= 11 is 0. The van der Waals surface area contributed by atoms with Crippen molar-refractivity contribution >= 4 is 21.9 Å². The number of amides is 1. The number of benzene rings is 1. The molecule has 1 aliphatic rings. The topological polar surface area (TPSA) is 134 Å². The second kappa shape index (κ2) is 14.3. The number of rotatable bonds is 15. The molecular formula is C24H39N3O6S. The quantitative estimate of drug-likeness (QED) is 0.273. The Morgan fingerprint density at radius 1 is 1.21 bits per heavy atom. The van der Waals surface area contributed by atoms with E-state index in [0.29, 0.717) is 36.3 Å². The minimum absolute atomic E-state index is 0.0821. The molecule has 192 valence electrons. The highest BCUT2D eigenvalue weighted by Crippen LogP contribution is 2.23. The summed E-state index contributed by atoms with van der Waals surface area (Å²) in [6.07, 6.45) is 6.62. The zero-order chi connectivity index (χ0) is 25.0. The van der Waals surface area contributed by atoms with Gasteiger partial charge in [-0.3, -0.25) is 9.59 Å².